The monoisotopic (exact) mass is 309 g/mol. The van der Waals surface area contributed by atoms with Gasteiger partial charge in [0.15, 0.2) is 0 Å². The van der Waals surface area contributed by atoms with Crippen LogP contribution in [-0.2, 0) is 6.54 Å². The molecule has 0 radical (unpaired) electrons. The molecule has 20 heavy (non-hydrogen) atoms. The van der Waals surface area contributed by atoms with E-state index in [1.165, 1.54) is 22.4 Å². The fourth-order valence-corrected chi connectivity index (χ4v) is 4.38. The Labute approximate surface area is 128 Å². The van der Waals surface area contributed by atoms with Gasteiger partial charge in [-0.2, -0.15) is 0 Å². The van der Waals surface area contributed by atoms with E-state index in [0.29, 0.717) is 0 Å². The lowest BCUT2D eigenvalue weighted by Gasteiger charge is -2.21. The summed E-state index contributed by atoms with van der Waals surface area (Å²) >= 11 is 8.19. The Hall–Kier alpha value is -0.610. The minimum absolute atomic E-state index is 0.207. The second-order valence-electron chi connectivity index (χ2n) is 5.53. The number of thiophene rings is 1. The first-order valence-electron chi connectivity index (χ1n) is 7.33. The van der Waals surface area contributed by atoms with E-state index in [1.54, 1.807) is 11.3 Å². The molecule has 1 aromatic carbocycles. The van der Waals surface area contributed by atoms with Crippen molar-refractivity contribution in [2.75, 3.05) is 0 Å². The maximum Gasteiger partial charge on any atom is 0.0693 e. The van der Waals surface area contributed by atoms with E-state index in [9.17, 15) is 5.11 Å². The summed E-state index contributed by atoms with van der Waals surface area (Å²) in [6, 6.07) is 8.45. The Morgan fingerprint density at radius 1 is 1.20 bits per heavy atom. The lowest BCUT2D eigenvalue weighted by Crippen LogP contribution is -2.38. The van der Waals surface area contributed by atoms with E-state index < -0.39 is 0 Å². The first kappa shape index (κ1) is 14.3. The van der Waals surface area contributed by atoms with Crippen LogP contribution in [-0.4, -0.2) is 17.3 Å². The van der Waals surface area contributed by atoms with Crippen molar-refractivity contribution in [3.05, 3.63) is 34.2 Å². The smallest absolute Gasteiger partial charge is 0.0693 e. The third kappa shape index (κ3) is 3.01. The summed E-state index contributed by atoms with van der Waals surface area (Å²) < 4.78 is 1.23. The van der Waals surface area contributed by atoms with E-state index >= 15 is 0 Å². The van der Waals surface area contributed by atoms with Crippen LogP contribution in [0, 0.1) is 0 Å². The molecule has 1 fully saturated rings. The molecular formula is C16H20ClNOS. The molecule has 0 aliphatic heterocycles. The van der Waals surface area contributed by atoms with Gasteiger partial charge in [0, 0.05) is 27.5 Å². The summed E-state index contributed by atoms with van der Waals surface area (Å²) in [5.74, 6) is 0. The summed E-state index contributed by atoms with van der Waals surface area (Å²) in [6.07, 6.45) is 5.34. The number of benzene rings is 1. The predicted octanol–water partition coefficient (Wildman–Crippen LogP) is 4.34. The largest absolute Gasteiger partial charge is 0.392 e. The van der Waals surface area contributed by atoms with Crippen LogP contribution in [0.25, 0.3) is 10.1 Å². The zero-order valence-electron chi connectivity index (χ0n) is 11.4. The van der Waals surface area contributed by atoms with Crippen LogP contribution < -0.4 is 5.32 Å². The highest BCUT2D eigenvalue weighted by molar-refractivity contribution is 7.19. The lowest BCUT2D eigenvalue weighted by atomic mass is 10.1. The van der Waals surface area contributed by atoms with Crippen molar-refractivity contribution in [2.24, 2.45) is 0 Å². The zero-order valence-corrected chi connectivity index (χ0v) is 13.0. The van der Waals surface area contributed by atoms with E-state index in [2.05, 4.69) is 17.4 Å². The van der Waals surface area contributed by atoms with E-state index in [4.69, 9.17) is 11.6 Å². The third-order valence-corrected chi connectivity index (χ3v) is 5.82. The fraction of sp³-hybridized carbons (Fsp3) is 0.500. The number of rotatable bonds is 3. The van der Waals surface area contributed by atoms with Crippen molar-refractivity contribution in [3.8, 4) is 0 Å². The topological polar surface area (TPSA) is 32.3 Å². The SMILES string of the molecule is OC1CCCCCC1NCc1sc2ccccc2c1Cl. The quantitative estimate of drug-likeness (QED) is 0.827. The molecule has 2 nitrogen and oxygen atoms in total. The van der Waals surface area contributed by atoms with Gasteiger partial charge in [0.25, 0.3) is 0 Å². The van der Waals surface area contributed by atoms with Gasteiger partial charge in [-0.15, -0.1) is 11.3 Å². The van der Waals surface area contributed by atoms with Gasteiger partial charge in [0.2, 0.25) is 0 Å². The molecule has 1 heterocycles. The van der Waals surface area contributed by atoms with Gasteiger partial charge in [0.1, 0.15) is 0 Å². The molecule has 1 saturated carbocycles. The Morgan fingerprint density at radius 3 is 2.85 bits per heavy atom. The van der Waals surface area contributed by atoms with Gasteiger partial charge in [-0.3, -0.25) is 0 Å². The normalized spacial score (nSPS) is 23.9. The van der Waals surface area contributed by atoms with E-state index in [-0.39, 0.29) is 12.1 Å². The Bertz CT molecular complexity index is 583. The highest BCUT2D eigenvalue weighted by atomic mass is 35.5. The molecule has 1 aliphatic carbocycles. The minimum atomic E-state index is -0.217. The van der Waals surface area contributed by atoms with Gasteiger partial charge in [-0.05, 0) is 18.9 Å². The molecule has 2 atom stereocenters. The number of fused-ring (bicyclic) bond motifs is 1. The number of hydrogen-bond donors (Lipinski definition) is 2. The van der Waals surface area contributed by atoms with Gasteiger partial charge in [0.05, 0.1) is 11.1 Å². The summed E-state index contributed by atoms with van der Waals surface area (Å²) in [6.45, 7) is 0.750. The summed E-state index contributed by atoms with van der Waals surface area (Å²) in [5.41, 5.74) is 0. The van der Waals surface area contributed by atoms with Crippen molar-refractivity contribution < 1.29 is 5.11 Å². The van der Waals surface area contributed by atoms with Crippen LogP contribution in [0.5, 0.6) is 0 Å². The first-order chi connectivity index (χ1) is 9.75. The van der Waals surface area contributed by atoms with Crippen molar-refractivity contribution >= 4 is 33.0 Å². The fourth-order valence-electron chi connectivity index (χ4n) is 2.93. The Kier molecular flexibility index (Phi) is 4.61. The average Bonchev–Trinajstić information content (AvgIpc) is 2.64. The van der Waals surface area contributed by atoms with Crippen LogP contribution in [0.4, 0.5) is 0 Å². The molecule has 2 N–H and O–H groups in total. The average molecular weight is 310 g/mol. The molecule has 108 valence electrons. The van der Waals surface area contributed by atoms with Crippen LogP contribution in [0.15, 0.2) is 24.3 Å². The second-order valence-corrected chi connectivity index (χ2v) is 7.04. The summed E-state index contributed by atoms with van der Waals surface area (Å²) in [7, 11) is 0. The van der Waals surface area contributed by atoms with Crippen molar-refractivity contribution in [1.82, 2.24) is 5.32 Å². The molecular weight excluding hydrogens is 290 g/mol. The van der Waals surface area contributed by atoms with E-state index in [0.717, 1.165) is 36.2 Å². The zero-order chi connectivity index (χ0) is 13.9. The minimum Gasteiger partial charge on any atom is -0.392 e. The van der Waals surface area contributed by atoms with Crippen LogP contribution in [0.1, 0.15) is 37.0 Å². The number of halogens is 1. The van der Waals surface area contributed by atoms with Crippen LogP contribution in [0.2, 0.25) is 5.02 Å². The lowest BCUT2D eigenvalue weighted by molar-refractivity contribution is 0.119. The maximum absolute atomic E-state index is 10.1. The van der Waals surface area contributed by atoms with Gasteiger partial charge in [-0.25, -0.2) is 0 Å². The third-order valence-electron chi connectivity index (χ3n) is 4.11. The summed E-state index contributed by atoms with van der Waals surface area (Å²) in [4.78, 5) is 1.17. The van der Waals surface area contributed by atoms with Crippen LogP contribution >= 0.6 is 22.9 Å². The maximum atomic E-state index is 10.1. The predicted molar refractivity (Wildman–Crippen MR) is 86.6 cm³/mol. The molecule has 2 unspecified atom stereocenters. The highest BCUT2D eigenvalue weighted by Gasteiger charge is 2.21. The molecule has 0 spiro atoms. The molecule has 1 aromatic heterocycles. The highest BCUT2D eigenvalue weighted by Crippen LogP contribution is 2.35. The molecule has 0 amide bonds. The molecule has 0 bridgehead atoms. The standard InChI is InChI=1S/C16H20ClNOS/c17-16-11-6-4-5-9-14(11)20-15(16)10-18-12-7-2-1-3-8-13(12)19/h4-6,9,12-13,18-19H,1-3,7-8,10H2. The number of aliphatic hydroxyl groups excluding tert-OH is 1. The Morgan fingerprint density at radius 2 is 2.00 bits per heavy atom. The molecule has 0 saturated heterocycles. The molecule has 1 aliphatic rings. The van der Waals surface area contributed by atoms with E-state index in [1.807, 2.05) is 12.1 Å². The number of nitrogens with one attached hydrogen (secondary N) is 1. The van der Waals surface area contributed by atoms with Gasteiger partial charge >= 0.3 is 0 Å². The van der Waals surface area contributed by atoms with Gasteiger partial charge < -0.3 is 10.4 Å². The number of aliphatic hydroxyl groups is 1. The summed E-state index contributed by atoms with van der Waals surface area (Å²) in [5, 5.41) is 15.6. The Balaban J connectivity index is 1.71. The first-order valence-corrected chi connectivity index (χ1v) is 8.52. The molecule has 4 heteroatoms. The molecule has 2 aromatic rings. The number of hydrogen-bond acceptors (Lipinski definition) is 3. The van der Waals surface area contributed by atoms with Crippen molar-refractivity contribution in [3.63, 3.8) is 0 Å². The van der Waals surface area contributed by atoms with Crippen molar-refractivity contribution in [1.29, 1.82) is 0 Å². The second kappa shape index (κ2) is 6.44. The van der Waals surface area contributed by atoms with Crippen LogP contribution in [0.3, 0.4) is 0 Å². The van der Waals surface area contributed by atoms with Gasteiger partial charge in [-0.1, -0.05) is 49.1 Å². The molecule has 3 rings (SSSR count). The van der Waals surface area contributed by atoms with Crippen molar-refractivity contribution in [2.45, 2.75) is 50.8 Å².